The first-order valence-corrected chi connectivity index (χ1v) is 5.54. The molecular weight excluding hydrogens is 228 g/mol. The maximum absolute atomic E-state index is 9.20. The molecule has 0 spiro atoms. The van der Waals surface area contributed by atoms with Gasteiger partial charge in [-0.2, -0.15) is 5.26 Å². The molecule has 5 heteroatoms. The molecule has 1 aromatic heterocycles. The summed E-state index contributed by atoms with van der Waals surface area (Å²) in [6.07, 6.45) is 3.33. The number of aromatic nitrogens is 2. The molecule has 0 aliphatic rings. The Balaban J connectivity index is 2.70. The molecule has 0 fully saturated rings. The van der Waals surface area contributed by atoms with Crippen LogP contribution >= 0.6 is 0 Å². The standard InChI is InChI=1S/C13H14N4O/c1-9(15)11-7-16-8-17(11)13-10(6-14)4-3-5-12(13)18-2/h3-5,7-9H,15H2,1-2H3. The van der Waals surface area contributed by atoms with Crippen molar-refractivity contribution in [1.82, 2.24) is 9.55 Å². The molecule has 0 radical (unpaired) electrons. The highest BCUT2D eigenvalue weighted by atomic mass is 16.5. The van der Waals surface area contributed by atoms with Crippen molar-refractivity contribution in [2.75, 3.05) is 7.11 Å². The molecular formula is C13H14N4O. The van der Waals surface area contributed by atoms with Crippen LogP contribution in [0.4, 0.5) is 0 Å². The monoisotopic (exact) mass is 242 g/mol. The number of nitrogens with zero attached hydrogens (tertiary/aromatic N) is 3. The van der Waals surface area contributed by atoms with Gasteiger partial charge in [0, 0.05) is 6.04 Å². The number of rotatable bonds is 3. The summed E-state index contributed by atoms with van der Waals surface area (Å²) in [5.41, 5.74) is 7.92. The van der Waals surface area contributed by atoms with Crippen molar-refractivity contribution in [3.05, 3.63) is 42.0 Å². The third-order valence-electron chi connectivity index (χ3n) is 2.71. The Morgan fingerprint density at radius 1 is 1.50 bits per heavy atom. The van der Waals surface area contributed by atoms with E-state index >= 15 is 0 Å². The highest BCUT2D eigenvalue weighted by Crippen LogP contribution is 2.28. The van der Waals surface area contributed by atoms with Crippen LogP contribution in [0.15, 0.2) is 30.7 Å². The zero-order valence-electron chi connectivity index (χ0n) is 10.3. The number of nitriles is 1. The van der Waals surface area contributed by atoms with Gasteiger partial charge in [0.1, 0.15) is 17.5 Å². The lowest BCUT2D eigenvalue weighted by molar-refractivity contribution is 0.412. The zero-order chi connectivity index (χ0) is 13.1. The van der Waals surface area contributed by atoms with Gasteiger partial charge in [-0.15, -0.1) is 0 Å². The predicted molar refractivity (Wildman–Crippen MR) is 67.4 cm³/mol. The van der Waals surface area contributed by atoms with E-state index in [4.69, 9.17) is 10.5 Å². The van der Waals surface area contributed by atoms with Crippen molar-refractivity contribution < 1.29 is 4.74 Å². The number of imidazole rings is 1. The molecule has 0 bridgehead atoms. The fourth-order valence-corrected chi connectivity index (χ4v) is 1.85. The van der Waals surface area contributed by atoms with E-state index in [1.165, 1.54) is 0 Å². The molecule has 92 valence electrons. The Bertz CT molecular complexity index is 595. The van der Waals surface area contributed by atoms with Crippen molar-refractivity contribution in [3.63, 3.8) is 0 Å². The number of ether oxygens (including phenoxy) is 1. The van der Waals surface area contributed by atoms with E-state index in [1.807, 2.05) is 6.92 Å². The lowest BCUT2D eigenvalue weighted by atomic mass is 10.1. The lowest BCUT2D eigenvalue weighted by Gasteiger charge is -2.15. The third-order valence-corrected chi connectivity index (χ3v) is 2.71. The van der Waals surface area contributed by atoms with Gasteiger partial charge in [0.25, 0.3) is 0 Å². The van der Waals surface area contributed by atoms with Gasteiger partial charge in [0.05, 0.1) is 30.9 Å². The van der Waals surface area contributed by atoms with E-state index in [0.717, 1.165) is 5.69 Å². The van der Waals surface area contributed by atoms with Crippen LogP contribution in [0.3, 0.4) is 0 Å². The number of hydrogen-bond acceptors (Lipinski definition) is 4. The molecule has 1 atom stereocenters. The third kappa shape index (κ3) is 1.94. The first-order chi connectivity index (χ1) is 8.69. The minimum absolute atomic E-state index is 0.177. The van der Waals surface area contributed by atoms with E-state index in [9.17, 15) is 5.26 Å². The molecule has 18 heavy (non-hydrogen) atoms. The van der Waals surface area contributed by atoms with Gasteiger partial charge in [-0.05, 0) is 19.1 Å². The minimum atomic E-state index is -0.177. The van der Waals surface area contributed by atoms with Crippen molar-refractivity contribution >= 4 is 0 Å². The van der Waals surface area contributed by atoms with E-state index in [2.05, 4.69) is 11.1 Å². The number of benzene rings is 1. The first-order valence-electron chi connectivity index (χ1n) is 5.54. The van der Waals surface area contributed by atoms with Crippen LogP contribution < -0.4 is 10.5 Å². The summed E-state index contributed by atoms with van der Waals surface area (Å²) >= 11 is 0. The average molecular weight is 242 g/mol. The maximum atomic E-state index is 9.20. The molecule has 1 aromatic carbocycles. The minimum Gasteiger partial charge on any atom is -0.495 e. The van der Waals surface area contributed by atoms with Crippen molar-refractivity contribution in [2.24, 2.45) is 5.73 Å². The molecule has 2 aromatic rings. The number of para-hydroxylation sites is 1. The smallest absolute Gasteiger partial charge is 0.144 e. The summed E-state index contributed by atoms with van der Waals surface area (Å²) in [5.74, 6) is 0.619. The van der Waals surface area contributed by atoms with Crippen LogP contribution in [0.5, 0.6) is 5.75 Å². The van der Waals surface area contributed by atoms with E-state index < -0.39 is 0 Å². The topological polar surface area (TPSA) is 76.9 Å². The van der Waals surface area contributed by atoms with Gasteiger partial charge in [0.15, 0.2) is 0 Å². The van der Waals surface area contributed by atoms with Gasteiger partial charge in [0.2, 0.25) is 0 Å². The Labute approximate surface area is 105 Å². The number of nitrogens with two attached hydrogens (primary N) is 1. The van der Waals surface area contributed by atoms with Crippen LogP contribution in [0.25, 0.3) is 5.69 Å². The van der Waals surface area contributed by atoms with E-state index in [1.54, 1.807) is 42.4 Å². The number of hydrogen-bond donors (Lipinski definition) is 1. The fourth-order valence-electron chi connectivity index (χ4n) is 1.85. The summed E-state index contributed by atoms with van der Waals surface area (Å²) in [4.78, 5) is 4.09. The normalized spacial score (nSPS) is 11.9. The Morgan fingerprint density at radius 3 is 2.89 bits per heavy atom. The zero-order valence-corrected chi connectivity index (χ0v) is 10.3. The van der Waals surface area contributed by atoms with E-state index in [-0.39, 0.29) is 6.04 Å². The molecule has 0 saturated heterocycles. The molecule has 2 rings (SSSR count). The van der Waals surface area contributed by atoms with Crippen molar-refractivity contribution in [3.8, 4) is 17.5 Å². The first kappa shape index (κ1) is 12.1. The SMILES string of the molecule is COc1cccc(C#N)c1-n1cncc1C(C)N. The van der Waals surface area contributed by atoms with Crippen LogP contribution in [-0.4, -0.2) is 16.7 Å². The molecule has 0 saturated carbocycles. The Kier molecular flexibility index (Phi) is 3.31. The Hall–Kier alpha value is -2.32. The lowest BCUT2D eigenvalue weighted by Crippen LogP contribution is -2.12. The quantitative estimate of drug-likeness (QED) is 0.889. The Morgan fingerprint density at radius 2 is 2.28 bits per heavy atom. The highest BCUT2D eigenvalue weighted by Gasteiger charge is 2.15. The summed E-state index contributed by atoms with van der Waals surface area (Å²) in [6.45, 7) is 1.87. The highest BCUT2D eigenvalue weighted by molar-refractivity contribution is 5.58. The van der Waals surface area contributed by atoms with Crippen LogP contribution in [-0.2, 0) is 0 Å². The van der Waals surface area contributed by atoms with Gasteiger partial charge < -0.3 is 10.5 Å². The van der Waals surface area contributed by atoms with Crippen molar-refractivity contribution in [2.45, 2.75) is 13.0 Å². The fraction of sp³-hybridized carbons (Fsp3) is 0.231. The average Bonchev–Trinajstić information content (AvgIpc) is 2.86. The molecule has 0 aliphatic carbocycles. The maximum Gasteiger partial charge on any atom is 0.144 e. The van der Waals surface area contributed by atoms with E-state index in [0.29, 0.717) is 17.0 Å². The molecule has 0 amide bonds. The molecule has 1 heterocycles. The van der Waals surface area contributed by atoms with Gasteiger partial charge in [-0.3, -0.25) is 4.57 Å². The number of methoxy groups -OCH3 is 1. The molecule has 1 unspecified atom stereocenters. The summed E-state index contributed by atoms with van der Waals surface area (Å²) in [7, 11) is 1.57. The second-order valence-electron chi connectivity index (χ2n) is 3.95. The molecule has 0 aliphatic heterocycles. The molecule has 5 nitrogen and oxygen atoms in total. The van der Waals surface area contributed by atoms with Crippen LogP contribution in [0.2, 0.25) is 0 Å². The van der Waals surface area contributed by atoms with Gasteiger partial charge in [-0.25, -0.2) is 4.98 Å². The second kappa shape index (κ2) is 4.90. The summed E-state index contributed by atoms with van der Waals surface area (Å²) in [5, 5.41) is 9.20. The predicted octanol–water partition coefficient (Wildman–Crippen LogP) is 1.77. The second-order valence-corrected chi connectivity index (χ2v) is 3.95. The largest absolute Gasteiger partial charge is 0.495 e. The van der Waals surface area contributed by atoms with Gasteiger partial charge >= 0.3 is 0 Å². The van der Waals surface area contributed by atoms with Crippen LogP contribution in [0.1, 0.15) is 24.2 Å². The molecule has 2 N–H and O–H groups in total. The van der Waals surface area contributed by atoms with Crippen molar-refractivity contribution in [1.29, 1.82) is 5.26 Å². The van der Waals surface area contributed by atoms with Crippen LogP contribution in [0, 0.1) is 11.3 Å². The van der Waals surface area contributed by atoms with Gasteiger partial charge in [-0.1, -0.05) is 6.07 Å². The summed E-state index contributed by atoms with van der Waals surface area (Å²) in [6, 6.07) is 7.31. The summed E-state index contributed by atoms with van der Waals surface area (Å²) < 4.78 is 7.10.